The number of nitrogens with one attached hydrogen (secondary N) is 2. The van der Waals surface area contributed by atoms with Gasteiger partial charge in [-0.25, -0.2) is 4.68 Å². The number of nitrogens with zero attached hydrogens (tertiary/aromatic N) is 3. The Hall–Kier alpha value is -2.98. The normalized spacial score (nSPS) is 12.0. The van der Waals surface area contributed by atoms with Crippen LogP contribution in [0.5, 0.6) is 0 Å². The molecule has 1 heterocycles. The maximum absolute atomic E-state index is 12.7. The molecule has 0 atom stereocenters. The SMILES string of the molecule is CC(C)(C)NC(=O)c1nnn(-c2ccc(C(=O)NCC(F)(F)F)cc2)c1CCCCCF. The van der Waals surface area contributed by atoms with Gasteiger partial charge in [0, 0.05) is 11.1 Å². The van der Waals surface area contributed by atoms with Gasteiger partial charge < -0.3 is 10.6 Å². The number of carbonyl (C=O) groups excluding carboxylic acids is 2. The zero-order valence-electron chi connectivity index (χ0n) is 18.2. The van der Waals surface area contributed by atoms with Crippen LogP contribution < -0.4 is 10.6 Å². The summed E-state index contributed by atoms with van der Waals surface area (Å²) in [7, 11) is 0. The molecule has 7 nitrogen and oxygen atoms in total. The average Bonchev–Trinajstić information content (AvgIpc) is 3.12. The first-order valence-corrected chi connectivity index (χ1v) is 10.2. The highest BCUT2D eigenvalue weighted by atomic mass is 19.4. The number of hydrogen-bond donors (Lipinski definition) is 2. The third kappa shape index (κ3) is 7.61. The molecule has 176 valence electrons. The molecule has 0 fully saturated rings. The molecule has 0 unspecified atom stereocenters. The number of halogens is 4. The molecule has 0 aliphatic heterocycles. The van der Waals surface area contributed by atoms with Crippen LogP contribution in [0.2, 0.25) is 0 Å². The summed E-state index contributed by atoms with van der Waals surface area (Å²) < 4.78 is 50.8. The predicted molar refractivity (Wildman–Crippen MR) is 110 cm³/mol. The molecule has 0 aliphatic carbocycles. The summed E-state index contributed by atoms with van der Waals surface area (Å²) in [5.74, 6) is -1.25. The molecule has 0 bridgehead atoms. The maximum Gasteiger partial charge on any atom is 0.405 e. The van der Waals surface area contributed by atoms with Gasteiger partial charge in [0.2, 0.25) is 0 Å². The van der Waals surface area contributed by atoms with Gasteiger partial charge in [0.05, 0.1) is 18.1 Å². The van der Waals surface area contributed by atoms with Crippen LogP contribution in [0.3, 0.4) is 0 Å². The standard InChI is InChI=1S/C21H27F4N5O2/c1-20(2,3)27-19(32)17-16(7-5-4-6-12-22)30(29-28-17)15-10-8-14(9-11-15)18(31)26-13-21(23,24)25/h8-11H,4-7,12-13H2,1-3H3,(H,26,31)(H,27,32). The van der Waals surface area contributed by atoms with Crippen LogP contribution in [-0.4, -0.2) is 51.7 Å². The van der Waals surface area contributed by atoms with Crippen LogP contribution in [0.15, 0.2) is 24.3 Å². The van der Waals surface area contributed by atoms with E-state index in [0.29, 0.717) is 37.1 Å². The van der Waals surface area contributed by atoms with Crippen molar-refractivity contribution in [1.29, 1.82) is 0 Å². The van der Waals surface area contributed by atoms with Gasteiger partial charge in [-0.2, -0.15) is 13.2 Å². The van der Waals surface area contributed by atoms with Crippen LogP contribution in [0.25, 0.3) is 5.69 Å². The van der Waals surface area contributed by atoms with E-state index < -0.39 is 36.7 Å². The lowest BCUT2D eigenvalue weighted by atomic mass is 10.1. The van der Waals surface area contributed by atoms with Crippen molar-refractivity contribution in [3.8, 4) is 5.69 Å². The Morgan fingerprint density at radius 2 is 1.66 bits per heavy atom. The number of hydrogen-bond acceptors (Lipinski definition) is 4. The highest BCUT2D eigenvalue weighted by molar-refractivity contribution is 5.95. The molecule has 0 aliphatic rings. The molecule has 2 aromatic rings. The first-order chi connectivity index (χ1) is 14.9. The Morgan fingerprint density at radius 1 is 1.00 bits per heavy atom. The number of carbonyl (C=O) groups is 2. The van der Waals surface area contributed by atoms with Crippen molar-refractivity contribution in [2.75, 3.05) is 13.2 Å². The summed E-state index contributed by atoms with van der Waals surface area (Å²) in [6.45, 7) is 3.65. The fourth-order valence-electron chi connectivity index (χ4n) is 2.91. The van der Waals surface area contributed by atoms with Crippen molar-refractivity contribution < 1.29 is 27.2 Å². The molecule has 0 spiro atoms. The molecule has 1 aromatic heterocycles. The fraction of sp³-hybridized carbons (Fsp3) is 0.524. The Bertz CT molecular complexity index is 918. The van der Waals surface area contributed by atoms with Gasteiger partial charge in [0.15, 0.2) is 5.69 Å². The van der Waals surface area contributed by atoms with E-state index in [-0.39, 0.29) is 11.3 Å². The second-order valence-electron chi connectivity index (χ2n) is 8.35. The fourth-order valence-corrected chi connectivity index (χ4v) is 2.91. The van der Waals surface area contributed by atoms with E-state index >= 15 is 0 Å². The molecule has 32 heavy (non-hydrogen) atoms. The molecule has 2 amide bonds. The first kappa shape index (κ1) is 25.3. The second kappa shape index (κ2) is 10.6. The molecule has 2 N–H and O–H groups in total. The zero-order valence-corrected chi connectivity index (χ0v) is 18.2. The van der Waals surface area contributed by atoms with E-state index in [1.165, 1.54) is 28.9 Å². The lowest BCUT2D eigenvalue weighted by Gasteiger charge is -2.20. The van der Waals surface area contributed by atoms with E-state index in [1.54, 1.807) is 0 Å². The molecule has 0 saturated carbocycles. The summed E-state index contributed by atoms with van der Waals surface area (Å²) in [4.78, 5) is 24.6. The van der Waals surface area contributed by atoms with Gasteiger partial charge in [-0.3, -0.25) is 14.0 Å². The van der Waals surface area contributed by atoms with Crippen molar-refractivity contribution in [2.24, 2.45) is 0 Å². The average molecular weight is 457 g/mol. The molecular formula is C21H27F4N5O2. The Labute approximate surface area is 183 Å². The summed E-state index contributed by atoms with van der Waals surface area (Å²) in [6, 6.07) is 5.75. The summed E-state index contributed by atoms with van der Waals surface area (Å²) in [6.07, 6.45) is -2.43. The third-order valence-electron chi connectivity index (χ3n) is 4.34. The molecule has 2 rings (SSSR count). The highest BCUT2D eigenvalue weighted by Gasteiger charge is 2.28. The number of benzene rings is 1. The maximum atomic E-state index is 12.7. The number of alkyl halides is 4. The monoisotopic (exact) mass is 457 g/mol. The second-order valence-corrected chi connectivity index (χ2v) is 8.35. The highest BCUT2D eigenvalue weighted by Crippen LogP contribution is 2.18. The predicted octanol–water partition coefficient (Wildman–Crippen LogP) is 3.77. The largest absolute Gasteiger partial charge is 0.405 e. The number of unbranched alkanes of at least 4 members (excludes halogenated alkanes) is 2. The number of amides is 2. The molecule has 0 radical (unpaired) electrons. The smallest absolute Gasteiger partial charge is 0.346 e. The molecular weight excluding hydrogens is 430 g/mol. The van der Waals surface area contributed by atoms with Crippen LogP contribution in [-0.2, 0) is 6.42 Å². The summed E-state index contributed by atoms with van der Waals surface area (Å²) >= 11 is 0. The van der Waals surface area contributed by atoms with E-state index in [1.807, 2.05) is 26.1 Å². The summed E-state index contributed by atoms with van der Waals surface area (Å²) in [5, 5.41) is 12.7. The van der Waals surface area contributed by atoms with Gasteiger partial charge in [-0.05, 0) is 64.3 Å². The Kier molecular flexibility index (Phi) is 8.34. The Morgan fingerprint density at radius 3 is 2.22 bits per heavy atom. The van der Waals surface area contributed by atoms with Crippen molar-refractivity contribution in [3.63, 3.8) is 0 Å². The molecule has 0 saturated heterocycles. The van der Waals surface area contributed by atoms with E-state index in [9.17, 15) is 27.2 Å². The van der Waals surface area contributed by atoms with Crippen LogP contribution in [0, 0.1) is 0 Å². The van der Waals surface area contributed by atoms with Crippen molar-refractivity contribution in [1.82, 2.24) is 25.6 Å². The van der Waals surface area contributed by atoms with Gasteiger partial charge in [-0.15, -0.1) is 5.10 Å². The lowest BCUT2D eigenvalue weighted by Crippen LogP contribution is -2.41. The van der Waals surface area contributed by atoms with Crippen molar-refractivity contribution in [3.05, 3.63) is 41.2 Å². The molecule has 11 heteroatoms. The van der Waals surface area contributed by atoms with Crippen LogP contribution in [0.4, 0.5) is 17.6 Å². The van der Waals surface area contributed by atoms with Gasteiger partial charge in [0.1, 0.15) is 6.54 Å². The zero-order chi connectivity index (χ0) is 23.9. The van der Waals surface area contributed by atoms with Crippen LogP contribution in [0.1, 0.15) is 66.6 Å². The third-order valence-corrected chi connectivity index (χ3v) is 4.34. The quantitative estimate of drug-likeness (QED) is 0.443. The number of aromatic nitrogens is 3. The lowest BCUT2D eigenvalue weighted by molar-refractivity contribution is -0.123. The minimum Gasteiger partial charge on any atom is -0.346 e. The van der Waals surface area contributed by atoms with Crippen molar-refractivity contribution >= 4 is 11.8 Å². The van der Waals surface area contributed by atoms with Gasteiger partial charge in [0.25, 0.3) is 11.8 Å². The summed E-state index contributed by atoms with van der Waals surface area (Å²) in [5.41, 5.74) is 0.721. The first-order valence-electron chi connectivity index (χ1n) is 10.2. The Balaban J connectivity index is 2.27. The minimum atomic E-state index is -4.50. The van der Waals surface area contributed by atoms with Crippen molar-refractivity contribution in [2.45, 2.75) is 58.2 Å². The van der Waals surface area contributed by atoms with Gasteiger partial charge in [-0.1, -0.05) is 11.6 Å². The van der Waals surface area contributed by atoms with E-state index in [4.69, 9.17) is 0 Å². The van der Waals surface area contributed by atoms with Crippen LogP contribution >= 0.6 is 0 Å². The van der Waals surface area contributed by atoms with E-state index in [0.717, 1.165) is 0 Å². The molecule has 1 aromatic carbocycles. The topological polar surface area (TPSA) is 88.9 Å². The van der Waals surface area contributed by atoms with Gasteiger partial charge >= 0.3 is 6.18 Å². The minimum absolute atomic E-state index is 0.0494. The van der Waals surface area contributed by atoms with E-state index in [2.05, 4.69) is 15.6 Å². The number of rotatable bonds is 9.